The summed E-state index contributed by atoms with van der Waals surface area (Å²) in [4.78, 5) is 32.3. The van der Waals surface area contributed by atoms with Crippen molar-refractivity contribution in [1.29, 1.82) is 0 Å². The molecule has 0 saturated heterocycles. The van der Waals surface area contributed by atoms with Crippen LogP contribution in [0.1, 0.15) is 10.5 Å². The molecule has 0 saturated carbocycles. The lowest BCUT2D eigenvalue weighted by Gasteiger charge is -2.03. The molecule has 0 aromatic carbocycles. The second-order valence-corrected chi connectivity index (χ2v) is 3.22. The molecule has 0 aliphatic rings. The number of nitrogens with zero attached hydrogens (tertiary/aromatic N) is 2. The summed E-state index contributed by atoms with van der Waals surface area (Å²) in [6.45, 7) is 0. The van der Waals surface area contributed by atoms with E-state index in [1.807, 2.05) is 0 Å². The zero-order valence-electron chi connectivity index (χ0n) is 8.68. The second kappa shape index (κ2) is 4.44. The number of amides is 1. The van der Waals surface area contributed by atoms with Gasteiger partial charge in [-0.2, -0.15) is 0 Å². The quantitative estimate of drug-likeness (QED) is 0.673. The number of nitrogen functional groups attached to an aromatic ring is 1. The van der Waals surface area contributed by atoms with Crippen molar-refractivity contribution in [2.75, 3.05) is 11.1 Å². The Bertz CT molecular complexity index is 570. The van der Waals surface area contributed by atoms with Crippen molar-refractivity contribution in [2.24, 2.45) is 0 Å². The minimum atomic E-state index is -0.437. The monoisotopic (exact) mass is 231 g/mol. The Morgan fingerprint density at radius 1 is 1.29 bits per heavy atom. The normalized spacial score (nSPS) is 9.88. The van der Waals surface area contributed by atoms with Crippen LogP contribution in [0.4, 0.5) is 11.5 Å². The van der Waals surface area contributed by atoms with Crippen LogP contribution in [0.15, 0.2) is 35.5 Å². The van der Waals surface area contributed by atoms with E-state index in [9.17, 15) is 9.59 Å². The van der Waals surface area contributed by atoms with E-state index in [1.165, 1.54) is 12.4 Å². The molecule has 4 N–H and O–H groups in total. The smallest absolute Gasteiger partial charge is 0.275 e. The highest BCUT2D eigenvalue weighted by Crippen LogP contribution is 2.07. The topological polar surface area (TPSA) is 114 Å². The zero-order chi connectivity index (χ0) is 12.3. The number of anilines is 2. The molecule has 0 spiro atoms. The molecule has 1 amide bonds. The highest BCUT2D eigenvalue weighted by atomic mass is 16.2. The number of hydrogen-bond donors (Lipinski definition) is 3. The first-order valence-corrected chi connectivity index (χ1v) is 4.73. The van der Waals surface area contributed by atoms with Crippen molar-refractivity contribution >= 4 is 17.4 Å². The summed E-state index contributed by atoms with van der Waals surface area (Å²) >= 11 is 0. The van der Waals surface area contributed by atoms with E-state index in [0.717, 1.165) is 6.20 Å². The Morgan fingerprint density at radius 2 is 2.12 bits per heavy atom. The van der Waals surface area contributed by atoms with Crippen LogP contribution in [-0.2, 0) is 0 Å². The van der Waals surface area contributed by atoms with Gasteiger partial charge in [0.05, 0.1) is 18.1 Å². The Kier molecular flexibility index (Phi) is 2.82. The third-order valence-corrected chi connectivity index (χ3v) is 1.95. The number of aromatic nitrogens is 3. The Hall–Kier alpha value is -2.70. The summed E-state index contributed by atoms with van der Waals surface area (Å²) < 4.78 is 0. The van der Waals surface area contributed by atoms with Gasteiger partial charge in [-0.25, -0.2) is 9.97 Å². The Morgan fingerprint density at radius 3 is 2.71 bits per heavy atom. The van der Waals surface area contributed by atoms with Gasteiger partial charge in [0.1, 0.15) is 11.5 Å². The van der Waals surface area contributed by atoms with E-state index in [1.54, 1.807) is 12.1 Å². The van der Waals surface area contributed by atoms with Gasteiger partial charge in [0.25, 0.3) is 11.5 Å². The van der Waals surface area contributed by atoms with E-state index in [4.69, 9.17) is 5.73 Å². The number of carbonyl (C=O) groups is 1. The lowest BCUT2D eigenvalue weighted by Crippen LogP contribution is -2.17. The van der Waals surface area contributed by atoms with E-state index in [0.29, 0.717) is 11.5 Å². The number of nitrogens with one attached hydrogen (secondary N) is 2. The van der Waals surface area contributed by atoms with E-state index < -0.39 is 5.91 Å². The van der Waals surface area contributed by atoms with Crippen molar-refractivity contribution in [3.05, 3.63) is 46.8 Å². The molecule has 0 fully saturated rings. The van der Waals surface area contributed by atoms with Crippen molar-refractivity contribution < 1.29 is 4.79 Å². The third-order valence-electron chi connectivity index (χ3n) is 1.95. The fourth-order valence-corrected chi connectivity index (χ4v) is 1.14. The minimum Gasteiger partial charge on any atom is -0.384 e. The molecule has 0 aliphatic heterocycles. The SMILES string of the molecule is Nc1ccc(NC(=O)c2c[nH]c(=O)cn2)cn1. The maximum atomic E-state index is 11.7. The summed E-state index contributed by atoms with van der Waals surface area (Å²) in [5.41, 5.74) is 5.65. The van der Waals surface area contributed by atoms with Gasteiger partial charge in [0, 0.05) is 6.20 Å². The molecule has 0 bridgehead atoms. The van der Waals surface area contributed by atoms with Crippen LogP contribution in [-0.4, -0.2) is 20.9 Å². The fraction of sp³-hybridized carbons (Fsp3) is 0. The van der Waals surface area contributed by atoms with Gasteiger partial charge in [-0.15, -0.1) is 0 Å². The summed E-state index contributed by atoms with van der Waals surface area (Å²) in [5, 5.41) is 2.56. The van der Waals surface area contributed by atoms with Gasteiger partial charge >= 0.3 is 0 Å². The minimum absolute atomic E-state index is 0.112. The third kappa shape index (κ3) is 2.65. The number of pyridine rings is 1. The van der Waals surface area contributed by atoms with Crippen LogP contribution in [0.2, 0.25) is 0 Å². The molecule has 2 heterocycles. The highest BCUT2D eigenvalue weighted by Gasteiger charge is 2.07. The van der Waals surface area contributed by atoms with Crippen LogP contribution in [0, 0.1) is 0 Å². The number of rotatable bonds is 2. The van der Waals surface area contributed by atoms with Gasteiger partial charge in [0.15, 0.2) is 0 Å². The molecule has 2 aromatic heterocycles. The van der Waals surface area contributed by atoms with Crippen molar-refractivity contribution in [1.82, 2.24) is 15.0 Å². The van der Waals surface area contributed by atoms with Gasteiger partial charge in [-0.05, 0) is 12.1 Å². The lowest BCUT2D eigenvalue weighted by atomic mass is 10.3. The van der Waals surface area contributed by atoms with E-state index in [-0.39, 0.29) is 11.3 Å². The maximum absolute atomic E-state index is 11.7. The molecule has 2 aromatic rings. The van der Waals surface area contributed by atoms with Crippen molar-refractivity contribution in [2.45, 2.75) is 0 Å². The van der Waals surface area contributed by atoms with Crippen LogP contribution < -0.4 is 16.6 Å². The average molecular weight is 231 g/mol. The van der Waals surface area contributed by atoms with Crippen molar-refractivity contribution in [3.63, 3.8) is 0 Å². The molecular weight excluding hydrogens is 222 g/mol. The summed E-state index contributed by atoms with van der Waals surface area (Å²) in [6.07, 6.45) is 3.71. The Labute approximate surface area is 95.7 Å². The lowest BCUT2D eigenvalue weighted by molar-refractivity contribution is 0.102. The van der Waals surface area contributed by atoms with E-state index in [2.05, 4.69) is 20.3 Å². The first-order chi connectivity index (χ1) is 8.15. The number of H-pyrrole nitrogens is 1. The first-order valence-electron chi connectivity index (χ1n) is 4.73. The van der Waals surface area contributed by atoms with E-state index >= 15 is 0 Å². The van der Waals surface area contributed by atoms with Crippen LogP contribution in [0.3, 0.4) is 0 Å². The average Bonchev–Trinajstić information content (AvgIpc) is 2.33. The fourth-order valence-electron chi connectivity index (χ4n) is 1.14. The molecule has 7 heteroatoms. The van der Waals surface area contributed by atoms with Crippen LogP contribution in [0.25, 0.3) is 0 Å². The van der Waals surface area contributed by atoms with Gasteiger partial charge in [-0.3, -0.25) is 9.59 Å². The number of hydrogen-bond acceptors (Lipinski definition) is 5. The van der Waals surface area contributed by atoms with Crippen LogP contribution in [0.5, 0.6) is 0 Å². The molecule has 0 radical (unpaired) electrons. The maximum Gasteiger partial charge on any atom is 0.275 e. The van der Waals surface area contributed by atoms with Gasteiger partial charge in [0.2, 0.25) is 0 Å². The first kappa shape index (κ1) is 10.8. The summed E-state index contributed by atoms with van der Waals surface area (Å²) in [6, 6.07) is 3.18. The van der Waals surface area contributed by atoms with Crippen LogP contribution >= 0.6 is 0 Å². The molecule has 7 nitrogen and oxygen atoms in total. The molecule has 0 aliphatic carbocycles. The predicted octanol–water partition coefficient (Wildman–Crippen LogP) is -0.000600. The predicted molar refractivity (Wildman–Crippen MR) is 61.5 cm³/mol. The summed E-state index contributed by atoms with van der Waals surface area (Å²) in [5.74, 6) is -0.0713. The second-order valence-electron chi connectivity index (χ2n) is 3.22. The number of nitrogens with two attached hydrogens (primary N) is 1. The van der Waals surface area contributed by atoms with Gasteiger partial charge < -0.3 is 16.0 Å². The standard InChI is InChI=1S/C10H9N5O2/c11-8-2-1-6(3-13-8)15-10(17)7-4-14-9(16)5-12-7/h1-5H,(H2,11,13)(H,14,16)(H,15,17). The summed E-state index contributed by atoms with van der Waals surface area (Å²) in [7, 11) is 0. The zero-order valence-corrected chi connectivity index (χ0v) is 8.68. The molecule has 17 heavy (non-hydrogen) atoms. The van der Waals surface area contributed by atoms with Crippen molar-refractivity contribution in [3.8, 4) is 0 Å². The molecular formula is C10H9N5O2. The Balaban J connectivity index is 2.14. The molecule has 0 atom stereocenters. The van der Waals surface area contributed by atoms with Gasteiger partial charge in [-0.1, -0.05) is 0 Å². The molecule has 0 unspecified atom stereocenters. The largest absolute Gasteiger partial charge is 0.384 e. The number of aromatic amines is 1. The highest BCUT2D eigenvalue weighted by molar-refractivity contribution is 6.02. The molecule has 2 rings (SSSR count). The molecule has 86 valence electrons. The number of carbonyl (C=O) groups excluding carboxylic acids is 1.